The molecule has 0 spiro atoms. The summed E-state index contributed by atoms with van der Waals surface area (Å²) in [6.07, 6.45) is 4.98. The van der Waals surface area contributed by atoms with Crippen molar-refractivity contribution in [1.29, 1.82) is 0 Å². The Kier molecular flexibility index (Phi) is 4.19. The van der Waals surface area contributed by atoms with Crippen molar-refractivity contribution in [3.05, 3.63) is 6.07 Å². The Morgan fingerprint density at radius 3 is 2.94 bits per heavy atom. The largest absolute Gasteiger partial charge is 0.368 e. The van der Waals surface area contributed by atoms with E-state index in [0.717, 1.165) is 24.8 Å². The molecule has 0 saturated carbocycles. The number of nitrogen functional groups attached to an aromatic ring is 2. The number of nitrogens with zero attached hydrogens (tertiary/aromatic N) is 3. The molecule has 1 unspecified atom stereocenters. The first-order chi connectivity index (χ1) is 8.72. The van der Waals surface area contributed by atoms with Crippen molar-refractivity contribution in [2.45, 2.75) is 32.6 Å². The SMILES string of the molecule is CCC1CCCN(c2cc(NN)nc(N)n2)CC1. The van der Waals surface area contributed by atoms with Crippen LogP contribution in [0.1, 0.15) is 32.6 Å². The van der Waals surface area contributed by atoms with Crippen molar-refractivity contribution in [3.63, 3.8) is 0 Å². The lowest BCUT2D eigenvalue weighted by Gasteiger charge is -2.22. The lowest BCUT2D eigenvalue weighted by atomic mass is 9.98. The van der Waals surface area contributed by atoms with Crippen LogP contribution >= 0.6 is 0 Å². The molecular formula is C12H22N6. The van der Waals surface area contributed by atoms with Gasteiger partial charge in [-0.15, -0.1) is 0 Å². The van der Waals surface area contributed by atoms with Crippen molar-refractivity contribution in [1.82, 2.24) is 9.97 Å². The first kappa shape index (κ1) is 12.9. The van der Waals surface area contributed by atoms with E-state index in [9.17, 15) is 0 Å². The van der Waals surface area contributed by atoms with Gasteiger partial charge in [0.2, 0.25) is 5.95 Å². The molecule has 5 N–H and O–H groups in total. The molecule has 1 fully saturated rings. The summed E-state index contributed by atoms with van der Waals surface area (Å²) in [5.41, 5.74) is 8.21. The van der Waals surface area contributed by atoms with Crippen LogP contribution in [0.25, 0.3) is 0 Å². The van der Waals surface area contributed by atoms with Gasteiger partial charge in [-0.05, 0) is 25.2 Å². The predicted molar refractivity (Wildman–Crippen MR) is 74.1 cm³/mol. The van der Waals surface area contributed by atoms with Crippen LogP contribution in [-0.2, 0) is 0 Å². The third-order valence-corrected chi connectivity index (χ3v) is 3.63. The van der Waals surface area contributed by atoms with Gasteiger partial charge in [0, 0.05) is 19.2 Å². The van der Waals surface area contributed by atoms with E-state index in [1.807, 2.05) is 6.07 Å². The van der Waals surface area contributed by atoms with Gasteiger partial charge in [0.25, 0.3) is 0 Å². The number of nitrogens with two attached hydrogens (primary N) is 2. The first-order valence-electron chi connectivity index (χ1n) is 6.59. The highest BCUT2D eigenvalue weighted by Gasteiger charge is 2.17. The van der Waals surface area contributed by atoms with Gasteiger partial charge in [-0.3, -0.25) is 0 Å². The molecule has 0 aromatic carbocycles. The number of hydrogen-bond acceptors (Lipinski definition) is 6. The Morgan fingerprint density at radius 2 is 2.22 bits per heavy atom. The maximum atomic E-state index is 5.69. The Labute approximate surface area is 108 Å². The van der Waals surface area contributed by atoms with Crippen LogP contribution in [0.5, 0.6) is 0 Å². The minimum Gasteiger partial charge on any atom is -0.368 e. The molecule has 1 aromatic heterocycles. The quantitative estimate of drug-likeness (QED) is 0.554. The molecule has 18 heavy (non-hydrogen) atoms. The molecule has 6 nitrogen and oxygen atoms in total. The number of rotatable bonds is 3. The Morgan fingerprint density at radius 1 is 1.39 bits per heavy atom. The summed E-state index contributed by atoms with van der Waals surface area (Å²) in [4.78, 5) is 10.6. The minimum absolute atomic E-state index is 0.261. The van der Waals surface area contributed by atoms with Gasteiger partial charge in [0.15, 0.2) is 0 Å². The summed E-state index contributed by atoms with van der Waals surface area (Å²) in [6.45, 7) is 4.31. The van der Waals surface area contributed by atoms with E-state index in [0.29, 0.717) is 5.82 Å². The zero-order valence-corrected chi connectivity index (χ0v) is 10.9. The molecule has 100 valence electrons. The molecule has 1 aliphatic heterocycles. The first-order valence-corrected chi connectivity index (χ1v) is 6.59. The van der Waals surface area contributed by atoms with Gasteiger partial charge in [-0.1, -0.05) is 13.3 Å². The molecule has 0 bridgehead atoms. The molecule has 0 radical (unpaired) electrons. The van der Waals surface area contributed by atoms with Crippen LogP contribution in [0, 0.1) is 5.92 Å². The van der Waals surface area contributed by atoms with Gasteiger partial charge < -0.3 is 16.1 Å². The Hall–Kier alpha value is -1.56. The van der Waals surface area contributed by atoms with Crippen LogP contribution < -0.4 is 21.9 Å². The highest BCUT2D eigenvalue weighted by molar-refractivity contribution is 5.52. The smallest absolute Gasteiger partial charge is 0.223 e. The van der Waals surface area contributed by atoms with Gasteiger partial charge in [0.05, 0.1) is 0 Å². The maximum absolute atomic E-state index is 5.69. The van der Waals surface area contributed by atoms with Crippen molar-refractivity contribution < 1.29 is 0 Å². The topological polar surface area (TPSA) is 93.1 Å². The van der Waals surface area contributed by atoms with Gasteiger partial charge >= 0.3 is 0 Å². The minimum atomic E-state index is 0.261. The normalized spacial score (nSPS) is 20.6. The monoisotopic (exact) mass is 250 g/mol. The average Bonchev–Trinajstić information content (AvgIpc) is 2.63. The highest BCUT2D eigenvalue weighted by Crippen LogP contribution is 2.24. The summed E-state index contributed by atoms with van der Waals surface area (Å²) in [7, 11) is 0. The maximum Gasteiger partial charge on any atom is 0.223 e. The zero-order chi connectivity index (χ0) is 13.0. The summed E-state index contributed by atoms with van der Waals surface area (Å²) in [5, 5.41) is 0. The highest BCUT2D eigenvalue weighted by atomic mass is 15.3. The molecule has 1 saturated heterocycles. The van der Waals surface area contributed by atoms with E-state index >= 15 is 0 Å². The van der Waals surface area contributed by atoms with Crippen molar-refractivity contribution in [2.24, 2.45) is 11.8 Å². The molecule has 1 atom stereocenters. The molecule has 6 heteroatoms. The van der Waals surface area contributed by atoms with Crippen molar-refractivity contribution in [2.75, 3.05) is 29.1 Å². The fraction of sp³-hybridized carbons (Fsp3) is 0.667. The van der Waals surface area contributed by atoms with E-state index in [-0.39, 0.29) is 5.95 Å². The number of aromatic nitrogens is 2. The number of hydrogen-bond donors (Lipinski definition) is 3. The van der Waals surface area contributed by atoms with Crippen molar-refractivity contribution in [3.8, 4) is 0 Å². The van der Waals surface area contributed by atoms with E-state index < -0.39 is 0 Å². The van der Waals surface area contributed by atoms with E-state index in [1.54, 1.807) is 0 Å². The Bertz CT molecular complexity index is 394. The van der Waals surface area contributed by atoms with Crippen LogP contribution in [0.4, 0.5) is 17.6 Å². The molecule has 0 amide bonds. The van der Waals surface area contributed by atoms with Crippen molar-refractivity contribution >= 4 is 17.6 Å². The fourth-order valence-electron chi connectivity index (χ4n) is 2.49. The van der Waals surface area contributed by atoms with Crippen LogP contribution in [-0.4, -0.2) is 23.1 Å². The average molecular weight is 250 g/mol. The summed E-state index contributed by atoms with van der Waals surface area (Å²) >= 11 is 0. The lowest BCUT2D eigenvalue weighted by Crippen LogP contribution is -2.26. The Balaban J connectivity index is 2.13. The standard InChI is InChI=1S/C12H22N6/c1-2-9-4-3-6-18(7-5-9)11-8-10(17-14)15-12(13)16-11/h8-9H,2-7,14H2,1H3,(H3,13,15,16,17). The van der Waals surface area contributed by atoms with E-state index in [1.165, 1.54) is 25.7 Å². The van der Waals surface area contributed by atoms with Gasteiger partial charge in [-0.2, -0.15) is 9.97 Å². The van der Waals surface area contributed by atoms with Gasteiger partial charge in [0.1, 0.15) is 11.6 Å². The second kappa shape index (κ2) is 5.86. The number of nitrogens with one attached hydrogen (secondary N) is 1. The molecule has 2 rings (SSSR count). The second-order valence-electron chi connectivity index (χ2n) is 4.81. The fourth-order valence-corrected chi connectivity index (χ4v) is 2.49. The van der Waals surface area contributed by atoms with E-state index in [2.05, 4.69) is 27.2 Å². The molecule has 1 aromatic rings. The third kappa shape index (κ3) is 3.01. The second-order valence-corrected chi connectivity index (χ2v) is 4.81. The number of hydrazine groups is 1. The summed E-state index contributed by atoms with van der Waals surface area (Å²) in [6, 6.07) is 1.85. The van der Waals surface area contributed by atoms with E-state index in [4.69, 9.17) is 11.6 Å². The molecule has 1 aliphatic rings. The van der Waals surface area contributed by atoms with Gasteiger partial charge in [-0.25, -0.2) is 5.84 Å². The predicted octanol–water partition coefficient (Wildman–Crippen LogP) is 1.36. The molecule has 2 heterocycles. The lowest BCUT2D eigenvalue weighted by molar-refractivity contribution is 0.459. The number of anilines is 3. The zero-order valence-electron chi connectivity index (χ0n) is 10.9. The molecule has 0 aliphatic carbocycles. The molecular weight excluding hydrogens is 228 g/mol. The van der Waals surface area contributed by atoms with Crippen LogP contribution in [0.2, 0.25) is 0 Å². The van der Waals surface area contributed by atoms with Crippen LogP contribution in [0.3, 0.4) is 0 Å². The summed E-state index contributed by atoms with van der Waals surface area (Å²) < 4.78 is 0. The summed E-state index contributed by atoms with van der Waals surface area (Å²) in [5.74, 6) is 7.90. The van der Waals surface area contributed by atoms with Crippen LogP contribution in [0.15, 0.2) is 6.07 Å². The third-order valence-electron chi connectivity index (χ3n) is 3.63.